The fraction of sp³-hybridized carbons (Fsp3) is 0.667. The molecule has 612 valence electrons. The maximum Gasteiger partial charge on any atom is 0.0629 e. The van der Waals surface area contributed by atoms with Crippen molar-refractivity contribution in [2.24, 2.45) is 0 Å². The van der Waals surface area contributed by atoms with Crippen LogP contribution in [0.4, 0.5) is 0 Å². The molecule has 0 radical (unpaired) electrons. The Morgan fingerprint density at radius 3 is 0.593 bits per heavy atom. The molecular formula is C108H180. The maximum atomic E-state index is 8.70. The van der Waals surface area contributed by atoms with Gasteiger partial charge in [-0.3, -0.25) is 0 Å². The predicted molar refractivity (Wildman–Crippen MR) is 495 cm³/mol. The van der Waals surface area contributed by atoms with Crippen LogP contribution >= 0.6 is 0 Å². The third kappa shape index (κ3) is 31.0. The molecule has 0 N–H and O–H groups in total. The van der Waals surface area contributed by atoms with E-state index in [1.54, 1.807) is 0 Å². The Labute approximate surface area is 689 Å². The van der Waals surface area contributed by atoms with Gasteiger partial charge < -0.3 is 0 Å². The van der Waals surface area contributed by atoms with Crippen molar-refractivity contribution in [3.05, 3.63) is 209 Å². The minimum atomic E-state index is -0.176. The van der Waals surface area contributed by atoms with Gasteiger partial charge in [0.15, 0.2) is 0 Å². The SMILES string of the molecule is [2H]c1c(C(C)(C)C)cc(C(C)(C)C)c(C(C)(C)C)c1[2H].[2H]c1c(C(C)(C)C)ccc(C(C)(C)C)c1C(C)(C)C.[2H]c1cc(C(C)(C)C)c(C(C)(C)C)c([2H])c1C(C)(C)C.[2H]c1cc(C(C)(C)C)c(C(C)(C)C)cc1C(C)(C)C.[2H]c1cc(C(C)(C)C)c([2H])c(C(C)(C)C)c1C(C)(C)C.[2H]c1cc(C(C)(C)C)cc(C(C)(C)C)c1C(C)(C)C. The van der Waals surface area contributed by atoms with E-state index in [-0.39, 0.29) is 97.5 Å². The molecule has 0 aliphatic carbocycles. The van der Waals surface area contributed by atoms with E-state index in [4.69, 9.17) is 12.3 Å². The van der Waals surface area contributed by atoms with E-state index in [9.17, 15) is 0 Å². The zero-order chi connectivity index (χ0) is 94.0. The van der Waals surface area contributed by atoms with Crippen LogP contribution in [0.25, 0.3) is 0 Å². The second-order valence-electron chi connectivity index (χ2n) is 50.3. The van der Waals surface area contributed by atoms with E-state index >= 15 is 0 Å². The van der Waals surface area contributed by atoms with Gasteiger partial charge in [-0.05, 0) is 198 Å². The summed E-state index contributed by atoms with van der Waals surface area (Å²) in [6.07, 6.45) is 0. The lowest BCUT2D eigenvalue weighted by Gasteiger charge is -2.32. The lowest BCUT2D eigenvalue weighted by atomic mass is 9.73. The second-order valence-corrected chi connectivity index (χ2v) is 50.3. The fourth-order valence-corrected chi connectivity index (χ4v) is 12.5. The summed E-state index contributed by atoms with van der Waals surface area (Å²) >= 11 is 0. The molecule has 0 fully saturated rings. The van der Waals surface area contributed by atoms with Crippen molar-refractivity contribution in [3.8, 4) is 0 Å². The van der Waals surface area contributed by atoms with Crippen molar-refractivity contribution in [2.75, 3.05) is 0 Å². The molecule has 0 atom stereocenters. The van der Waals surface area contributed by atoms with Crippen molar-refractivity contribution in [1.29, 1.82) is 0 Å². The molecule has 0 heterocycles. The van der Waals surface area contributed by atoms with Crippen molar-refractivity contribution in [2.45, 2.75) is 471 Å². The minimum Gasteiger partial charge on any atom is -0.0582 e. The predicted octanol–water partition coefficient (Wildman–Crippen LogP) is 33.5. The average Bonchev–Trinajstić information content (AvgIpc) is 0.765. The standard InChI is InChI=1S/6C18H30/c6*1-16(2,3)13-10-11-14(17(4,5)6)15(12-13)18(7,8)9/h6*10-12H,1-9H3/i11D,12D;10D,12D;10D,11D;12D;11D;10D. The van der Waals surface area contributed by atoms with Gasteiger partial charge in [0, 0.05) is 0 Å². The molecule has 0 heteroatoms. The van der Waals surface area contributed by atoms with Crippen LogP contribution in [0.3, 0.4) is 0 Å². The smallest absolute Gasteiger partial charge is 0.0582 e. The second kappa shape index (κ2) is 34.2. The lowest BCUT2D eigenvalue weighted by Crippen LogP contribution is -2.23. The molecule has 0 aliphatic rings. The molecular weight excluding hydrogens is 1300 g/mol. The van der Waals surface area contributed by atoms with Gasteiger partial charge in [-0.25, -0.2) is 0 Å². The Bertz CT molecular complexity index is 4320. The van der Waals surface area contributed by atoms with Crippen LogP contribution < -0.4 is 0 Å². The van der Waals surface area contributed by atoms with Gasteiger partial charge in [-0.1, -0.05) is 483 Å². The summed E-state index contributed by atoms with van der Waals surface area (Å²) in [6.45, 7) is 118. The molecule has 6 aromatic rings. The van der Waals surface area contributed by atoms with Gasteiger partial charge in [0.2, 0.25) is 0 Å². The van der Waals surface area contributed by atoms with Crippen molar-refractivity contribution < 1.29 is 12.3 Å². The number of hydrogen-bond acceptors (Lipinski definition) is 0. The van der Waals surface area contributed by atoms with Crippen molar-refractivity contribution in [3.63, 3.8) is 0 Å². The van der Waals surface area contributed by atoms with E-state index in [2.05, 4.69) is 416 Å². The topological polar surface area (TPSA) is 0 Å². The van der Waals surface area contributed by atoms with Crippen LogP contribution in [0.1, 0.15) is 486 Å². The largest absolute Gasteiger partial charge is 0.0629 e. The fourth-order valence-electron chi connectivity index (χ4n) is 12.5. The number of rotatable bonds is 0. The number of benzene rings is 6. The molecule has 0 unspecified atom stereocenters. The zero-order valence-corrected chi connectivity index (χ0v) is 81.7. The first kappa shape index (κ1) is 85.7. The quantitative estimate of drug-likeness (QED) is 0.142. The summed E-state index contributed by atoms with van der Waals surface area (Å²) in [5, 5.41) is 0. The highest BCUT2D eigenvalue weighted by atomic mass is 14.4. The molecule has 6 aromatic carbocycles. The molecule has 0 amide bonds. The Hall–Kier alpha value is -4.68. The Morgan fingerprint density at radius 1 is 0.130 bits per heavy atom. The van der Waals surface area contributed by atoms with Crippen LogP contribution in [0.2, 0.25) is 0 Å². The summed E-state index contributed by atoms with van der Waals surface area (Å²) < 4.78 is 76.6. The van der Waals surface area contributed by atoms with Gasteiger partial charge in [-0.2, -0.15) is 0 Å². The maximum absolute atomic E-state index is 8.70. The number of hydrogen-bond donors (Lipinski definition) is 0. The van der Waals surface area contributed by atoms with Gasteiger partial charge in [0.1, 0.15) is 0 Å². The van der Waals surface area contributed by atoms with E-state index in [1.165, 1.54) is 44.5 Å². The molecule has 108 heavy (non-hydrogen) atoms. The van der Waals surface area contributed by atoms with E-state index in [1.807, 2.05) is 12.1 Å². The van der Waals surface area contributed by atoms with Crippen molar-refractivity contribution >= 4 is 0 Å². The lowest BCUT2D eigenvalue weighted by molar-refractivity contribution is 0.523. The molecule has 0 aliphatic heterocycles. The summed E-state index contributed by atoms with van der Waals surface area (Å²) in [5.41, 5.74) is 20.1. The third-order valence-electron chi connectivity index (χ3n) is 19.7. The Kier molecular flexibility index (Phi) is 27.1. The molecule has 0 bridgehead atoms. The summed E-state index contributed by atoms with van der Waals surface area (Å²) in [5.74, 6) is 0. The minimum absolute atomic E-state index is 0.000949. The molecule has 0 nitrogen and oxygen atoms in total. The monoisotopic (exact) mass is 1490 g/mol. The first-order valence-electron chi connectivity index (χ1n) is 45.7. The van der Waals surface area contributed by atoms with Crippen molar-refractivity contribution in [1.82, 2.24) is 0 Å². The van der Waals surface area contributed by atoms with Gasteiger partial charge in [0.05, 0.1) is 12.3 Å². The summed E-state index contributed by atoms with van der Waals surface area (Å²) in [4.78, 5) is 0. The highest BCUT2D eigenvalue weighted by molar-refractivity contribution is 5.48. The van der Waals surface area contributed by atoms with Crippen LogP contribution in [0.15, 0.2) is 109 Å². The average molecular weight is 1490 g/mol. The first-order valence-corrected chi connectivity index (χ1v) is 41.2. The Balaban J connectivity index is 0.000000702. The van der Waals surface area contributed by atoms with Crippen LogP contribution in [0.5, 0.6) is 0 Å². The van der Waals surface area contributed by atoms with Crippen LogP contribution in [-0.2, 0) is 97.5 Å². The molecule has 6 rings (SSSR count). The highest BCUT2D eigenvalue weighted by Gasteiger charge is 2.34. The zero-order valence-electron chi connectivity index (χ0n) is 90.7. The first-order chi connectivity index (χ1) is 50.8. The van der Waals surface area contributed by atoms with Gasteiger partial charge in [-0.15, -0.1) is 0 Å². The van der Waals surface area contributed by atoms with Gasteiger partial charge in [0.25, 0.3) is 0 Å². The molecule has 0 saturated carbocycles. The molecule has 0 saturated heterocycles. The van der Waals surface area contributed by atoms with E-state index in [0.717, 1.165) is 61.7 Å². The van der Waals surface area contributed by atoms with Gasteiger partial charge >= 0.3 is 0 Å². The summed E-state index contributed by atoms with van der Waals surface area (Å²) in [6, 6.07) is 24.3. The summed E-state index contributed by atoms with van der Waals surface area (Å²) in [7, 11) is 0. The molecule has 0 spiro atoms. The van der Waals surface area contributed by atoms with E-state index < -0.39 is 0 Å². The normalized spacial score (nSPS) is 15.0. The van der Waals surface area contributed by atoms with Crippen LogP contribution in [-0.4, -0.2) is 0 Å². The van der Waals surface area contributed by atoms with E-state index in [0.29, 0.717) is 48.3 Å². The third-order valence-corrected chi connectivity index (χ3v) is 19.7. The molecule has 0 aromatic heterocycles. The Morgan fingerprint density at radius 2 is 0.315 bits per heavy atom. The highest BCUT2D eigenvalue weighted by Crippen LogP contribution is 2.44. The van der Waals surface area contributed by atoms with Crippen LogP contribution in [0, 0.1) is 0 Å².